The van der Waals surface area contributed by atoms with Crippen molar-refractivity contribution in [3.8, 4) is 0 Å². The van der Waals surface area contributed by atoms with Crippen LogP contribution in [-0.2, 0) is 22.9 Å². The van der Waals surface area contributed by atoms with Crippen LogP contribution in [0.5, 0.6) is 0 Å². The van der Waals surface area contributed by atoms with E-state index in [1.807, 2.05) is 26.0 Å². The highest BCUT2D eigenvalue weighted by Crippen LogP contribution is 2.41. The molecule has 4 rings (SSSR count). The first kappa shape index (κ1) is 20.6. The van der Waals surface area contributed by atoms with Crippen LogP contribution in [0.3, 0.4) is 0 Å². The molecule has 4 nitrogen and oxygen atoms in total. The van der Waals surface area contributed by atoms with E-state index < -0.39 is 10.0 Å². The summed E-state index contributed by atoms with van der Waals surface area (Å²) in [4.78, 5) is 3.03. The van der Waals surface area contributed by atoms with Crippen LogP contribution in [0.1, 0.15) is 54.5 Å². The molecule has 0 bridgehead atoms. The fourth-order valence-corrected chi connectivity index (χ4v) is 6.42. The second-order valence-corrected chi connectivity index (χ2v) is 10.3. The summed E-state index contributed by atoms with van der Waals surface area (Å²) >= 11 is 0. The first-order chi connectivity index (χ1) is 14.0. The minimum atomic E-state index is -3.40. The van der Waals surface area contributed by atoms with E-state index in [1.165, 1.54) is 12.8 Å². The van der Waals surface area contributed by atoms with Gasteiger partial charge in [0.05, 0.1) is 4.90 Å². The topological polar surface area (TPSA) is 40.6 Å². The monoisotopic (exact) mass is 412 g/mol. The summed E-state index contributed by atoms with van der Waals surface area (Å²) in [6, 6.07) is 14.5. The zero-order valence-corrected chi connectivity index (χ0v) is 18.4. The summed E-state index contributed by atoms with van der Waals surface area (Å²) in [5, 5.41) is 0. The van der Waals surface area contributed by atoms with Crippen molar-refractivity contribution in [2.45, 2.75) is 56.9 Å². The minimum absolute atomic E-state index is 0.399. The van der Waals surface area contributed by atoms with Crippen molar-refractivity contribution in [1.29, 1.82) is 0 Å². The average Bonchev–Trinajstić information content (AvgIpc) is 3.16. The highest BCUT2D eigenvalue weighted by atomic mass is 32.2. The van der Waals surface area contributed by atoms with Gasteiger partial charge in [-0.1, -0.05) is 42.8 Å². The molecule has 5 heteroatoms. The average molecular weight is 413 g/mol. The van der Waals surface area contributed by atoms with Gasteiger partial charge < -0.3 is 0 Å². The number of benzene rings is 2. The van der Waals surface area contributed by atoms with Crippen LogP contribution in [0.15, 0.2) is 47.4 Å². The largest absolute Gasteiger partial charge is 0.296 e. The number of aryl methyl sites for hydroxylation is 2. The molecule has 2 aromatic rings. The summed E-state index contributed by atoms with van der Waals surface area (Å²) < 4.78 is 27.5. The van der Waals surface area contributed by atoms with E-state index in [0.29, 0.717) is 24.0 Å². The summed E-state index contributed by atoms with van der Waals surface area (Å²) in [5.41, 5.74) is 5.75. The van der Waals surface area contributed by atoms with E-state index in [4.69, 9.17) is 0 Å². The molecule has 0 saturated heterocycles. The van der Waals surface area contributed by atoms with Gasteiger partial charge in [-0.2, -0.15) is 4.31 Å². The van der Waals surface area contributed by atoms with Crippen molar-refractivity contribution in [3.63, 3.8) is 0 Å². The molecule has 1 atom stereocenters. The van der Waals surface area contributed by atoms with Gasteiger partial charge >= 0.3 is 0 Å². The Morgan fingerprint density at radius 1 is 1.03 bits per heavy atom. The fraction of sp³-hybridized carbons (Fsp3) is 0.500. The Bertz CT molecular complexity index is 953. The minimum Gasteiger partial charge on any atom is -0.296 e. The van der Waals surface area contributed by atoms with Gasteiger partial charge in [-0.3, -0.25) is 4.90 Å². The summed E-state index contributed by atoms with van der Waals surface area (Å²) in [7, 11) is -3.40. The maximum atomic E-state index is 12.9. The van der Waals surface area contributed by atoms with Crippen LogP contribution in [0.4, 0.5) is 0 Å². The molecule has 0 aromatic heterocycles. The number of nitrogens with zero attached hydrogens (tertiary/aromatic N) is 2. The molecular formula is C24H32N2O2S. The molecule has 1 aliphatic carbocycles. The summed E-state index contributed by atoms with van der Waals surface area (Å²) in [6.45, 7) is 7.18. The maximum absolute atomic E-state index is 12.9. The molecule has 2 aromatic carbocycles. The molecule has 0 fully saturated rings. The van der Waals surface area contributed by atoms with Crippen LogP contribution in [-0.4, -0.2) is 43.8 Å². The molecular weight excluding hydrogens is 380 g/mol. The summed E-state index contributed by atoms with van der Waals surface area (Å²) in [6.07, 6.45) is 5.51. The molecule has 0 radical (unpaired) electrons. The Kier molecular flexibility index (Phi) is 6.09. The number of rotatable bonds is 8. The zero-order valence-electron chi connectivity index (χ0n) is 17.6. The number of hydrogen-bond acceptors (Lipinski definition) is 3. The molecule has 0 saturated carbocycles. The lowest BCUT2D eigenvalue weighted by molar-refractivity contribution is 0.181. The van der Waals surface area contributed by atoms with Crippen molar-refractivity contribution in [3.05, 3.63) is 64.7 Å². The zero-order chi connectivity index (χ0) is 20.4. The van der Waals surface area contributed by atoms with Gasteiger partial charge in [-0.05, 0) is 74.4 Å². The van der Waals surface area contributed by atoms with E-state index in [0.717, 1.165) is 37.9 Å². The standard InChI is InChI=1S/C24H32N2O2S/c1-3-26(29(27,28)22-12-9-19(2)10-13-22)17-5-4-16-25-18-15-21-8-6-7-20-11-14-23(25)24(20)21/h6-10,12-13,23H,3-5,11,14-18H2,1-2H3. The third-order valence-electron chi connectivity index (χ3n) is 6.53. The number of hydrogen-bond donors (Lipinski definition) is 0. The highest BCUT2D eigenvalue weighted by Gasteiger charge is 2.33. The first-order valence-electron chi connectivity index (χ1n) is 10.9. The van der Waals surface area contributed by atoms with Crippen LogP contribution >= 0.6 is 0 Å². The molecule has 1 heterocycles. The van der Waals surface area contributed by atoms with E-state index in [-0.39, 0.29) is 0 Å². The van der Waals surface area contributed by atoms with Crippen LogP contribution in [0, 0.1) is 6.92 Å². The predicted octanol–water partition coefficient (Wildman–Crippen LogP) is 4.33. The molecule has 1 aliphatic heterocycles. The molecule has 0 amide bonds. The van der Waals surface area contributed by atoms with E-state index in [2.05, 4.69) is 23.1 Å². The molecule has 0 N–H and O–H groups in total. The fourth-order valence-electron chi connectivity index (χ4n) is 4.93. The third-order valence-corrected chi connectivity index (χ3v) is 8.52. The second kappa shape index (κ2) is 8.58. The lowest BCUT2D eigenvalue weighted by Crippen LogP contribution is -2.36. The van der Waals surface area contributed by atoms with Gasteiger partial charge in [0.2, 0.25) is 10.0 Å². The Hall–Kier alpha value is -1.69. The van der Waals surface area contributed by atoms with E-state index in [9.17, 15) is 8.42 Å². The molecule has 2 aliphatic rings. The Morgan fingerprint density at radius 3 is 2.48 bits per heavy atom. The van der Waals surface area contributed by atoms with Crippen molar-refractivity contribution in [2.75, 3.05) is 26.2 Å². The Morgan fingerprint density at radius 2 is 1.76 bits per heavy atom. The van der Waals surface area contributed by atoms with Crippen molar-refractivity contribution in [1.82, 2.24) is 9.21 Å². The highest BCUT2D eigenvalue weighted by molar-refractivity contribution is 7.89. The van der Waals surface area contributed by atoms with Gasteiger partial charge in [0.25, 0.3) is 0 Å². The van der Waals surface area contributed by atoms with Crippen LogP contribution < -0.4 is 0 Å². The lowest BCUT2D eigenvalue weighted by atomic mass is 9.93. The Balaban J connectivity index is 1.33. The molecule has 1 unspecified atom stereocenters. The number of sulfonamides is 1. The van der Waals surface area contributed by atoms with Crippen molar-refractivity contribution < 1.29 is 8.42 Å². The summed E-state index contributed by atoms with van der Waals surface area (Å²) in [5.74, 6) is 0. The van der Waals surface area contributed by atoms with Crippen LogP contribution in [0.2, 0.25) is 0 Å². The van der Waals surface area contributed by atoms with E-state index >= 15 is 0 Å². The van der Waals surface area contributed by atoms with Crippen LogP contribution in [0.25, 0.3) is 0 Å². The van der Waals surface area contributed by atoms with Gasteiger partial charge in [-0.25, -0.2) is 8.42 Å². The van der Waals surface area contributed by atoms with Gasteiger partial charge in [0, 0.05) is 25.7 Å². The Labute approximate surface area is 175 Å². The van der Waals surface area contributed by atoms with Gasteiger partial charge in [0.1, 0.15) is 0 Å². The molecule has 156 valence electrons. The normalized spacial score (nSPS) is 18.9. The van der Waals surface area contributed by atoms with Crippen molar-refractivity contribution in [2.24, 2.45) is 0 Å². The molecule has 29 heavy (non-hydrogen) atoms. The molecule has 0 spiro atoms. The van der Waals surface area contributed by atoms with E-state index in [1.54, 1.807) is 33.1 Å². The second-order valence-electron chi connectivity index (χ2n) is 8.35. The van der Waals surface area contributed by atoms with Gasteiger partial charge in [0.15, 0.2) is 0 Å². The number of unbranched alkanes of at least 4 members (excludes halogenated alkanes) is 1. The first-order valence-corrected chi connectivity index (χ1v) is 12.4. The predicted molar refractivity (Wildman–Crippen MR) is 118 cm³/mol. The SMILES string of the molecule is CCN(CCCCN1CCc2cccc3c2C1CC3)S(=O)(=O)c1ccc(C)cc1. The lowest BCUT2D eigenvalue weighted by Gasteiger charge is -2.35. The van der Waals surface area contributed by atoms with Crippen molar-refractivity contribution >= 4 is 10.0 Å². The quantitative estimate of drug-likeness (QED) is 0.606. The third kappa shape index (κ3) is 4.14. The maximum Gasteiger partial charge on any atom is 0.243 e. The van der Waals surface area contributed by atoms with Gasteiger partial charge in [-0.15, -0.1) is 0 Å². The smallest absolute Gasteiger partial charge is 0.243 e.